The van der Waals surface area contributed by atoms with Gasteiger partial charge in [0.15, 0.2) is 11.6 Å². The molecule has 3 heteroatoms. The van der Waals surface area contributed by atoms with Crippen molar-refractivity contribution in [3.05, 3.63) is 41.0 Å². The van der Waals surface area contributed by atoms with Crippen molar-refractivity contribution in [3.8, 4) is 0 Å². The van der Waals surface area contributed by atoms with Gasteiger partial charge < -0.3 is 0 Å². The Morgan fingerprint density at radius 2 is 1.85 bits per heavy atom. The first kappa shape index (κ1) is 8.35. The maximum Gasteiger partial charge on any atom is 0.168 e. The van der Waals surface area contributed by atoms with Crippen LogP contribution in [-0.2, 0) is 0 Å². The number of rotatable bonds is 1. The van der Waals surface area contributed by atoms with E-state index in [0.29, 0.717) is 18.4 Å². The van der Waals surface area contributed by atoms with Gasteiger partial charge in [0.1, 0.15) is 5.83 Å². The quantitative estimate of drug-likeness (QED) is 0.627. The molecule has 1 aliphatic carbocycles. The lowest BCUT2D eigenvalue weighted by Crippen LogP contribution is -1.90. The normalized spacial score (nSPS) is 14.5. The van der Waals surface area contributed by atoms with Gasteiger partial charge in [-0.2, -0.15) is 0 Å². The standard InChI is InChI=1S/C10H7F3/c11-8-3-1-2-7(10(8)13)9(12)6-4-5-6/h1-3H,4-5H2. The second-order valence-corrected chi connectivity index (χ2v) is 3.02. The minimum Gasteiger partial charge on any atom is -0.206 e. The van der Waals surface area contributed by atoms with Crippen molar-refractivity contribution in [2.45, 2.75) is 12.8 Å². The molecule has 0 bridgehead atoms. The van der Waals surface area contributed by atoms with Crippen molar-refractivity contribution in [1.29, 1.82) is 0 Å². The molecule has 1 saturated carbocycles. The Hall–Kier alpha value is -1.25. The van der Waals surface area contributed by atoms with E-state index >= 15 is 0 Å². The highest BCUT2D eigenvalue weighted by molar-refractivity contribution is 5.65. The first-order chi connectivity index (χ1) is 6.20. The molecule has 1 aliphatic rings. The largest absolute Gasteiger partial charge is 0.206 e. The first-order valence-corrected chi connectivity index (χ1v) is 4.02. The molecule has 0 saturated heterocycles. The Morgan fingerprint density at radius 1 is 1.15 bits per heavy atom. The van der Waals surface area contributed by atoms with Crippen LogP contribution in [0.5, 0.6) is 0 Å². The lowest BCUT2D eigenvalue weighted by molar-refractivity contribution is 0.503. The molecular weight excluding hydrogens is 177 g/mol. The second kappa shape index (κ2) is 2.91. The third kappa shape index (κ3) is 1.46. The molecule has 1 fully saturated rings. The summed E-state index contributed by atoms with van der Waals surface area (Å²) in [5, 5.41) is 0. The Kier molecular flexibility index (Phi) is 1.87. The molecule has 0 heterocycles. The van der Waals surface area contributed by atoms with Crippen LogP contribution in [0.25, 0.3) is 5.83 Å². The lowest BCUT2D eigenvalue weighted by atomic mass is 10.1. The van der Waals surface area contributed by atoms with Crippen LogP contribution < -0.4 is 0 Å². The summed E-state index contributed by atoms with van der Waals surface area (Å²) in [5.41, 5.74) is 0.317. The van der Waals surface area contributed by atoms with Crippen molar-refractivity contribution in [2.75, 3.05) is 0 Å². The predicted molar refractivity (Wildman–Crippen MR) is 43.6 cm³/mol. The van der Waals surface area contributed by atoms with E-state index in [0.717, 1.165) is 6.07 Å². The SMILES string of the molecule is FC(=C1CC1)c1cccc(F)c1F. The highest BCUT2D eigenvalue weighted by Crippen LogP contribution is 2.38. The highest BCUT2D eigenvalue weighted by Gasteiger charge is 2.22. The molecule has 68 valence electrons. The molecule has 0 N–H and O–H groups in total. The van der Waals surface area contributed by atoms with Crippen LogP contribution in [0.3, 0.4) is 0 Å². The summed E-state index contributed by atoms with van der Waals surface area (Å²) in [5.74, 6) is -2.70. The molecule has 1 aromatic carbocycles. The Balaban J connectivity index is 2.52. The number of allylic oxidation sites excluding steroid dienone is 1. The maximum atomic E-state index is 13.2. The van der Waals surface area contributed by atoms with Crippen LogP contribution in [0.15, 0.2) is 23.8 Å². The van der Waals surface area contributed by atoms with Crippen molar-refractivity contribution >= 4 is 5.83 Å². The summed E-state index contributed by atoms with van der Waals surface area (Å²) in [6.45, 7) is 0. The third-order valence-corrected chi connectivity index (χ3v) is 2.00. The van der Waals surface area contributed by atoms with Gasteiger partial charge in [-0.05, 0) is 30.5 Å². The van der Waals surface area contributed by atoms with Gasteiger partial charge in [0, 0.05) is 5.56 Å². The van der Waals surface area contributed by atoms with Gasteiger partial charge in [0.2, 0.25) is 0 Å². The lowest BCUT2D eigenvalue weighted by Gasteiger charge is -1.99. The zero-order valence-electron chi connectivity index (χ0n) is 6.78. The topological polar surface area (TPSA) is 0 Å². The molecule has 2 rings (SSSR count). The van der Waals surface area contributed by atoms with E-state index in [1.165, 1.54) is 12.1 Å². The van der Waals surface area contributed by atoms with Crippen LogP contribution >= 0.6 is 0 Å². The molecular formula is C10H7F3. The van der Waals surface area contributed by atoms with E-state index in [-0.39, 0.29) is 5.56 Å². The van der Waals surface area contributed by atoms with E-state index in [2.05, 4.69) is 0 Å². The molecule has 0 unspecified atom stereocenters. The average Bonchev–Trinajstić information content (AvgIpc) is 2.91. The Labute approximate surface area is 73.7 Å². The fourth-order valence-corrected chi connectivity index (χ4v) is 1.15. The predicted octanol–water partition coefficient (Wildman–Crippen LogP) is 3.44. The summed E-state index contributed by atoms with van der Waals surface area (Å²) in [6.07, 6.45) is 1.31. The number of hydrogen-bond donors (Lipinski definition) is 0. The van der Waals surface area contributed by atoms with Gasteiger partial charge in [0.05, 0.1) is 0 Å². The monoisotopic (exact) mass is 184 g/mol. The van der Waals surface area contributed by atoms with E-state index < -0.39 is 17.5 Å². The fourth-order valence-electron chi connectivity index (χ4n) is 1.15. The van der Waals surface area contributed by atoms with Gasteiger partial charge in [-0.1, -0.05) is 6.07 Å². The first-order valence-electron chi connectivity index (χ1n) is 4.02. The summed E-state index contributed by atoms with van der Waals surface area (Å²) >= 11 is 0. The zero-order chi connectivity index (χ0) is 9.42. The highest BCUT2D eigenvalue weighted by atomic mass is 19.2. The minimum absolute atomic E-state index is 0.257. The molecule has 0 amide bonds. The van der Waals surface area contributed by atoms with Gasteiger partial charge >= 0.3 is 0 Å². The van der Waals surface area contributed by atoms with E-state index in [4.69, 9.17) is 0 Å². The Bertz CT molecular complexity index is 374. The van der Waals surface area contributed by atoms with E-state index in [9.17, 15) is 13.2 Å². The van der Waals surface area contributed by atoms with Crippen molar-refractivity contribution in [2.24, 2.45) is 0 Å². The molecule has 1 aromatic rings. The second-order valence-electron chi connectivity index (χ2n) is 3.02. The van der Waals surface area contributed by atoms with E-state index in [1.54, 1.807) is 0 Å². The molecule has 0 radical (unpaired) electrons. The van der Waals surface area contributed by atoms with Gasteiger partial charge in [-0.15, -0.1) is 0 Å². The Morgan fingerprint density at radius 3 is 2.46 bits per heavy atom. The molecule has 0 spiro atoms. The minimum atomic E-state index is -1.10. The van der Waals surface area contributed by atoms with Crippen molar-refractivity contribution in [3.63, 3.8) is 0 Å². The molecule has 0 aliphatic heterocycles. The summed E-state index contributed by atoms with van der Waals surface area (Å²) in [6, 6.07) is 3.53. The van der Waals surface area contributed by atoms with Crippen molar-refractivity contribution in [1.82, 2.24) is 0 Å². The molecule has 0 aromatic heterocycles. The molecule has 13 heavy (non-hydrogen) atoms. The molecule has 0 nitrogen and oxygen atoms in total. The van der Waals surface area contributed by atoms with Gasteiger partial charge in [-0.3, -0.25) is 0 Å². The van der Waals surface area contributed by atoms with Gasteiger partial charge in [-0.25, -0.2) is 13.2 Å². The summed E-state index contributed by atoms with van der Waals surface area (Å²) < 4.78 is 38.9. The van der Waals surface area contributed by atoms with Crippen molar-refractivity contribution < 1.29 is 13.2 Å². The third-order valence-electron chi connectivity index (χ3n) is 2.00. The number of hydrogen-bond acceptors (Lipinski definition) is 0. The van der Waals surface area contributed by atoms with Crippen LogP contribution in [0.1, 0.15) is 18.4 Å². The van der Waals surface area contributed by atoms with Crippen LogP contribution in [-0.4, -0.2) is 0 Å². The van der Waals surface area contributed by atoms with Crippen LogP contribution in [0.2, 0.25) is 0 Å². The fraction of sp³-hybridized carbons (Fsp3) is 0.200. The van der Waals surface area contributed by atoms with E-state index in [1.807, 2.05) is 0 Å². The van der Waals surface area contributed by atoms with Crippen LogP contribution in [0, 0.1) is 11.6 Å². The molecule has 0 atom stereocenters. The number of halogens is 3. The zero-order valence-corrected chi connectivity index (χ0v) is 6.78. The summed E-state index contributed by atoms with van der Waals surface area (Å²) in [7, 11) is 0. The maximum absolute atomic E-state index is 13.2. The van der Waals surface area contributed by atoms with Crippen LogP contribution in [0.4, 0.5) is 13.2 Å². The average molecular weight is 184 g/mol. The summed E-state index contributed by atoms with van der Waals surface area (Å²) in [4.78, 5) is 0. The smallest absolute Gasteiger partial charge is 0.168 e. The van der Waals surface area contributed by atoms with Gasteiger partial charge in [0.25, 0.3) is 0 Å². The number of benzene rings is 1.